The number of rotatable bonds is 8. The van der Waals surface area contributed by atoms with Gasteiger partial charge in [-0.15, -0.1) is 0 Å². The van der Waals surface area contributed by atoms with E-state index in [0.29, 0.717) is 0 Å². The second-order valence-electron chi connectivity index (χ2n) is 11.7. The number of hydrogen-bond donors (Lipinski definition) is 12. The summed E-state index contributed by atoms with van der Waals surface area (Å²) in [4.78, 5) is 0. The minimum atomic E-state index is -1.78. The zero-order valence-corrected chi connectivity index (χ0v) is 24.1. The Morgan fingerprint density at radius 3 is 0.957 bits per heavy atom. The van der Waals surface area contributed by atoms with E-state index in [9.17, 15) is 61.3 Å². The average Bonchev–Trinajstić information content (AvgIpc) is 3.03. The smallest absolute Gasteiger partial charge is 0.186 e. The monoisotopic (exact) mass is 678 g/mol. The van der Waals surface area contributed by atoms with Gasteiger partial charge in [-0.2, -0.15) is 0 Å². The molecule has 5 rings (SSSR count). The second kappa shape index (κ2) is 15.4. The molecule has 0 saturated carbocycles. The van der Waals surface area contributed by atoms with E-state index < -0.39 is 143 Å². The van der Waals surface area contributed by atoms with Crippen LogP contribution < -0.4 is 0 Å². The summed E-state index contributed by atoms with van der Waals surface area (Å²) in [5.41, 5.74) is 0. The van der Waals surface area contributed by atoms with E-state index in [4.69, 9.17) is 42.6 Å². The van der Waals surface area contributed by atoms with Crippen LogP contribution in [0.4, 0.5) is 0 Å². The van der Waals surface area contributed by atoms with Gasteiger partial charge in [0, 0.05) is 0 Å². The molecule has 46 heavy (non-hydrogen) atoms. The summed E-state index contributed by atoms with van der Waals surface area (Å²) in [6.07, 6.45) is -30.9. The molecule has 0 amide bonds. The van der Waals surface area contributed by atoms with Gasteiger partial charge in [-0.05, 0) is 0 Å². The lowest BCUT2D eigenvalue weighted by molar-refractivity contribution is -0.362. The lowest BCUT2D eigenvalue weighted by Crippen LogP contribution is -2.63. The number of hydrogen-bond acceptors (Lipinski definition) is 21. The van der Waals surface area contributed by atoms with Gasteiger partial charge in [0.15, 0.2) is 31.5 Å². The molecule has 21 nitrogen and oxygen atoms in total. The molecule has 12 N–H and O–H groups in total. The molecule has 0 aromatic carbocycles. The predicted octanol–water partition coefficient (Wildman–Crippen LogP) is -8.73. The molecular formula is C25H42O21. The largest absolute Gasteiger partial charge is 0.388 e. The Hall–Kier alpha value is -0.840. The minimum Gasteiger partial charge on any atom is -0.388 e. The van der Waals surface area contributed by atoms with Crippen LogP contribution in [0.25, 0.3) is 0 Å². The van der Waals surface area contributed by atoms with Crippen molar-refractivity contribution >= 4 is 0 Å². The van der Waals surface area contributed by atoms with Crippen LogP contribution in [0.2, 0.25) is 0 Å². The van der Waals surface area contributed by atoms with Crippen molar-refractivity contribution in [2.75, 3.05) is 33.0 Å². The summed E-state index contributed by atoms with van der Waals surface area (Å²) in [6.45, 7) is -1.94. The first-order chi connectivity index (χ1) is 21.8. The molecule has 0 aliphatic carbocycles. The van der Waals surface area contributed by atoms with Crippen molar-refractivity contribution in [1.82, 2.24) is 0 Å². The van der Waals surface area contributed by atoms with Crippen LogP contribution in [-0.2, 0) is 42.6 Å². The van der Waals surface area contributed by atoms with Gasteiger partial charge in [-0.1, -0.05) is 0 Å². The third-order valence-electron chi connectivity index (χ3n) is 8.45. The summed E-state index contributed by atoms with van der Waals surface area (Å²) in [5, 5.41) is 122. The van der Waals surface area contributed by atoms with Crippen LogP contribution in [-0.4, -0.2) is 217 Å². The van der Waals surface area contributed by atoms with Crippen molar-refractivity contribution in [2.45, 2.75) is 123 Å². The summed E-state index contributed by atoms with van der Waals surface area (Å²) in [6, 6.07) is 0. The van der Waals surface area contributed by atoms with E-state index >= 15 is 0 Å². The standard InChI is InChI=1S/C25H42O21/c26-6-1-39-22(17(33)11(6)27)44-8-3-41-24(19(35)13(8)29)46-10-5-42-25(20(36)15(10)31)45-9-4-40-23(18(34)14(9)30)43-7-2-38-21(37)16(32)12(7)28/h6-37H,1-5H2/t6-,7-,8+,9+,10-,11-,12-,13+,14+,15-,16-,17-,18?,19?,20-,21?,22?,23?,24?,25?/m0/s1. The fourth-order valence-electron chi connectivity index (χ4n) is 5.51. The number of ether oxygens (including phenoxy) is 9. The Labute approximate surface area is 260 Å². The summed E-state index contributed by atoms with van der Waals surface area (Å²) in [5.74, 6) is 0. The maximum Gasteiger partial charge on any atom is 0.186 e. The van der Waals surface area contributed by atoms with Crippen LogP contribution in [0.5, 0.6) is 0 Å². The third kappa shape index (κ3) is 7.65. The second-order valence-corrected chi connectivity index (χ2v) is 11.7. The zero-order valence-electron chi connectivity index (χ0n) is 24.1. The van der Waals surface area contributed by atoms with E-state index in [1.807, 2.05) is 0 Å². The predicted molar refractivity (Wildman–Crippen MR) is 136 cm³/mol. The fraction of sp³-hybridized carbons (Fsp3) is 1.00. The van der Waals surface area contributed by atoms with Gasteiger partial charge in [-0.3, -0.25) is 0 Å². The quantitative estimate of drug-likeness (QED) is 0.113. The molecule has 5 aliphatic rings. The van der Waals surface area contributed by atoms with E-state index in [0.717, 1.165) is 0 Å². The van der Waals surface area contributed by atoms with Crippen LogP contribution in [0.15, 0.2) is 0 Å². The van der Waals surface area contributed by atoms with E-state index in [2.05, 4.69) is 0 Å². The Balaban J connectivity index is 1.08. The van der Waals surface area contributed by atoms with Crippen molar-refractivity contribution in [1.29, 1.82) is 0 Å². The molecule has 5 saturated heterocycles. The SMILES string of the molecule is OC1OC[C@H](OC2OC[C@@H](OC3OC[C@H](OC4OC[C@@H](OC5OC[C@H](O)[C@H](O)[C@@H]5O)[C@@H](O)C4O)[C@H](O)[C@@H]3O)[C@@H](O)C2O)[C@H](O)[C@@H]1O. The molecular weight excluding hydrogens is 636 g/mol. The van der Waals surface area contributed by atoms with E-state index in [1.54, 1.807) is 0 Å². The molecule has 5 fully saturated rings. The van der Waals surface area contributed by atoms with Crippen LogP contribution in [0, 0.1) is 0 Å². The molecule has 7 unspecified atom stereocenters. The molecule has 0 aromatic rings. The van der Waals surface area contributed by atoms with Gasteiger partial charge in [0.05, 0.1) is 33.0 Å². The molecule has 268 valence electrons. The van der Waals surface area contributed by atoms with Crippen molar-refractivity contribution in [2.24, 2.45) is 0 Å². The molecule has 5 heterocycles. The Kier molecular flexibility index (Phi) is 12.2. The van der Waals surface area contributed by atoms with Gasteiger partial charge in [0.1, 0.15) is 91.6 Å². The van der Waals surface area contributed by atoms with Crippen molar-refractivity contribution in [3.8, 4) is 0 Å². The molecule has 0 aromatic heterocycles. The van der Waals surface area contributed by atoms with Crippen molar-refractivity contribution in [3.05, 3.63) is 0 Å². The molecule has 20 atom stereocenters. The van der Waals surface area contributed by atoms with Gasteiger partial charge < -0.3 is 104 Å². The van der Waals surface area contributed by atoms with Gasteiger partial charge in [-0.25, -0.2) is 0 Å². The Bertz CT molecular complexity index is 891. The van der Waals surface area contributed by atoms with Crippen LogP contribution in [0.1, 0.15) is 0 Å². The van der Waals surface area contributed by atoms with E-state index in [-0.39, 0.29) is 13.2 Å². The summed E-state index contributed by atoms with van der Waals surface area (Å²) >= 11 is 0. The molecule has 0 radical (unpaired) electrons. The maximum absolute atomic E-state index is 10.7. The molecule has 0 bridgehead atoms. The Morgan fingerprint density at radius 2 is 0.587 bits per heavy atom. The highest BCUT2D eigenvalue weighted by atomic mass is 16.8. The average molecular weight is 679 g/mol. The third-order valence-corrected chi connectivity index (χ3v) is 8.45. The number of aliphatic hydroxyl groups is 12. The van der Waals surface area contributed by atoms with Crippen LogP contribution >= 0.6 is 0 Å². The van der Waals surface area contributed by atoms with Gasteiger partial charge >= 0.3 is 0 Å². The molecule has 0 spiro atoms. The maximum atomic E-state index is 10.7. The lowest BCUT2D eigenvalue weighted by atomic mass is 10.0. The highest BCUT2D eigenvalue weighted by Gasteiger charge is 2.50. The first-order valence-corrected chi connectivity index (χ1v) is 14.6. The molecule has 5 aliphatic heterocycles. The van der Waals surface area contributed by atoms with E-state index in [1.165, 1.54) is 0 Å². The Morgan fingerprint density at radius 1 is 0.304 bits per heavy atom. The van der Waals surface area contributed by atoms with Gasteiger partial charge in [0.2, 0.25) is 0 Å². The lowest BCUT2D eigenvalue weighted by Gasteiger charge is -2.45. The summed E-state index contributed by atoms with van der Waals surface area (Å²) < 4.78 is 48.2. The highest BCUT2D eigenvalue weighted by Crippen LogP contribution is 2.30. The number of aliphatic hydroxyl groups excluding tert-OH is 12. The first-order valence-electron chi connectivity index (χ1n) is 14.6. The van der Waals surface area contributed by atoms with Crippen LogP contribution in [0.3, 0.4) is 0 Å². The molecule has 21 heteroatoms. The van der Waals surface area contributed by atoms with Crippen molar-refractivity contribution in [3.63, 3.8) is 0 Å². The first kappa shape index (κ1) is 36.4. The van der Waals surface area contributed by atoms with Gasteiger partial charge in [0.25, 0.3) is 0 Å². The topological polar surface area (TPSA) is 326 Å². The normalized spacial score (nSPS) is 54.0. The van der Waals surface area contributed by atoms with Crippen molar-refractivity contribution < 1.29 is 104 Å². The fourth-order valence-corrected chi connectivity index (χ4v) is 5.51. The zero-order chi connectivity index (χ0) is 33.4. The summed E-state index contributed by atoms with van der Waals surface area (Å²) in [7, 11) is 0. The highest BCUT2D eigenvalue weighted by molar-refractivity contribution is 4.92. The minimum absolute atomic E-state index is 0.349.